The Morgan fingerprint density at radius 3 is 2.19 bits per heavy atom. The van der Waals surface area contributed by atoms with Gasteiger partial charge in [-0.1, -0.05) is 72.3 Å². The molecule has 0 saturated heterocycles. The summed E-state index contributed by atoms with van der Waals surface area (Å²) < 4.78 is 1.41. The van der Waals surface area contributed by atoms with E-state index in [0.29, 0.717) is 21.5 Å². The van der Waals surface area contributed by atoms with Gasteiger partial charge in [-0.05, 0) is 24.3 Å². The average molecular weight is 458 g/mol. The Hall–Kier alpha value is -3.81. The number of aromatic nitrogens is 3. The maximum absolute atomic E-state index is 13.3. The summed E-state index contributed by atoms with van der Waals surface area (Å²) in [6.45, 7) is 0. The van der Waals surface area contributed by atoms with E-state index >= 15 is 0 Å². The van der Waals surface area contributed by atoms with Crippen molar-refractivity contribution in [2.75, 3.05) is 0 Å². The smallest absolute Gasteiger partial charge is 0.286 e. The third-order valence-electron chi connectivity index (χ3n) is 4.77. The molecule has 3 aromatic carbocycles. The summed E-state index contributed by atoms with van der Waals surface area (Å²) in [5.41, 5.74) is 3.68. The summed E-state index contributed by atoms with van der Waals surface area (Å²) in [5, 5.41) is 14.8. The summed E-state index contributed by atoms with van der Waals surface area (Å²) in [4.78, 5) is 18.0. The standard InChI is InChI=1S/C24H16ClN5OS/c25-18-11-13-19(14-12-18)27-28-22-21(17-9-5-2-6-10-17)29-30(23(22)31)24-26-20(15-32-24)16-7-3-1-4-8-16/h1-15,29H. The van der Waals surface area contributed by atoms with E-state index in [1.807, 2.05) is 66.0 Å². The van der Waals surface area contributed by atoms with Gasteiger partial charge in [0.05, 0.1) is 17.1 Å². The van der Waals surface area contributed by atoms with E-state index in [4.69, 9.17) is 11.6 Å². The van der Waals surface area contributed by atoms with Gasteiger partial charge in [0.2, 0.25) is 5.13 Å². The van der Waals surface area contributed by atoms with Crippen molar-refractivity contribution in [1.29, 1.82) is 0 Å². The van der Waals surface area contributed by atoms with Gasteiger partial charge in [-0.3, -0.25) is 9.89 Å². The molecule has 6 nitrogen and oxygen atoms in total. The van der Waals surface area contributed by atoms with E-state index in [0.717, 1.165) is 16.8 Å². The highest BCUT2D eigenvalue weighted by Crippen LogP contribution is 2.30. The number of halogens is 1. The van der Waals surface area contributed by atoms with E-state index in [1.165, 1.54) is 16.0 Å². The van der Waals surface area contributed by atoms with Gasteiger partial charge in [0, 0.05) is 21.5 Å². The van der Waals surface area contributed by atoms with Gasteiger partial charge >= 0.3 is 5.56 Å². The molecule has 0 aliphatic carbocycles. The predicted molar refractivity (Wildman–Crippen MR) is 129 cm³/mol. The fraction of sp³-hybridized carbons (Fsp3) is 0. The lowest BCUT2D eigenvalue weighted by molar-refractivity contribution is 0.843. The number of thiazole rings is 1. The second-order valence-electron chi connectivity index (χ2n) is 6.90. The lowest BCUT2D eigenvalue weighted by atomic mass is 10.1. The zero-order chi connectivity index (χ0) is 21.9. The van der Waals surface area contributed by atoms with Crippen LogP contribution in [0.5, 0.6) is 0 Å². The second kappa shape index (κ2) is 8.74. The molecule has 0 saturated carbocycles. The Balaban J connectivity index is 1.60. The first-order valence-electron chi connectivity index (χ1n) is 9.78. The van der Waals surface area contributed by atoms with Gasteiger partial charge in [0.1, 0.15) is 0 Å². The van der Waals surface area contributed by atoms with Crippen molar-refractivity contribution < 1.29 is 0 Å². The molecule has 32 heavy (non-hydrogen) atoms. The van der Waals surface area contributed by atoms with Gasteiger partial charge < -0.3 is 0 Å². The molecule has 0 fully saturated rings. The quantitative estimate of drug-likeness (QED) is 0.288. The Morgan fingerprint density at radius 2 is 1.50 bits per heavy atom. The van der Waals surface area contributed by atoms with Crippen molar-refractivity contribution >= 4 is 34.3 Å². The van der Waals surface area contributed by atoms with Gasteiger partial charge in [0.25, 0.3) is 0 Å². The van der Waals surface area contributed by atoms with E-state index in [-0.39, 0.29) is 11.2 Å². The average Bonchev–Trinajstić information content (AvgIpc) is 3.45. The number of hydrogen-bond acceptors (Lipinski definition) is 5. The molecule has 0 bridgehead atoms. The SMILES string of the molecule is O=c1c(N=Nc2ccc(Cl)cc2)c(-c2ccccc2)[nH]n1-c1nc(-c2ccccc2)cs1. The minimum Gasteiger partial charge on any atom is -0.286 e. The number of H-pyrrole nitrogens is 1. The Bertz CT molecular complexity index is 1440. The molecule has 0 aliphatic heterocycles. The minimum atomic E-state index is -0.324. The Morgan fingerprint density at radius 1 is 0.844 bits per heavy atom. The molecule has 0 aliphatic rings. The van der Waals surface area contributed by atoms with Crippen LogP contribution < -0.4 is 5.56 Å². The van der Waals surface area contributed by atoms with Crippen LogP contribution in [0.1, 0.15) is 0 Å². The molecule has 156 valence electrons. The molecular weight excluding hydrogens is 442 g/mol. The van der Waals surface area contributed by atoms with Crippen molar-refractivity contribution in [3.05, 3.63) is 106 Å². The van der Waals surface area contributed by atoms with Crippen molar-refractivity contribution in [2.45, 2.75) is 0 Å². The molecule has 2 aromatic heterocycles. The van der Waals surface area contributed by atoms with Crippen LogP contribution in [0.3, 0.4) is 0 Å². The molecule has 0 unspecified atom stereocenters. The molecule has 1 N–H and O–H groups in total. The fourth-order valence-electron chi connectivity index (χ4n) is 3.19. The number of azo groups is 1. The largest absolute Gasteiger partial charge is 0.301 e. The number of nitrogens with zero attached hydrogens (tertiary/aromatic N) is 4. The summed E-state index contributed by atoms with van der Waals surface area (Å²) in [7, 11) is 0. The highest BCUT2D eigenvalue weighted by molar-refractivity contribution is 7.12. The summed E-state index contributed by atoms with van der Waals surface area (Å²) in [6, 6.07) is 26.3. The molecule has 5 rings (SSSR count). The summed E-state index contributed by atoms with van der Waals surface area (Å²) in [5.74, 6) is 0. The zero-order valence-corrected chi connectivity index (χ0v) is 18.2. The monoisotopic (exact) mass is 457 g/mol. The zero-order valence-electron chi connectivity index (χ0n) is 16.6. The summed E-state index contributed by atoms with van der Waals surface area (Å²) >= 11 is 7.32. The molecule has 5 aromatic rings. The second-order valence-corrected chi connectivity index (χ2v) is 8.17. The molecular formula is C24H16ClN5OS. The van der Waals surface area contributed by atoms with Crippen molar-refractivity contribution in [1.82, 2.24) is 14.8 Å². The molecule has 0 amide bonds. The lowest BCUT2D eigenvalue weighted by Gasteiger charge is -1.99. The van der Waals surface area contributed by atoms with E-state index in [2.05, 4.69) is 20.3 Å². The van der Waals surface area contributed by atoms with Crippen LogP contribution in [0.15, 0.2) is 105 Å². The van der Waals surface area contributed by atoms with Crippen molar-refractivity contribution in [3.63, 3.8) is 0 Å². The fourth-order valence-corrected chi connectivity index (χ4v) is 4.10. The maximum Gasteiger partial charge on any atom is 0.301 e. The van der Waals surface area contributed by atoms with Crippen molar-refractivity contribution in [2.24, 2.45) is 10.2 Å². The van der Waals surface area contributed by atoms with E-state index in [1.54, 1.807) is 24.3 Å². The molecule has 2 heterocycles. The van der Waals surface area contributed by atoms with E-state index in [9.17, 15) is 4.79 Å². The number of nitrogens with one attached hydrogen (secondary N) is 1. The molecule has 0 radical (unpaired) electrons. The van der Waals surface area contributed by atoms with Crippen LogP contribution in [-0.4, -0.2) is 14.8 Å². The van der Waals surface area contributed by atoms with Gasteiger partial charge in [-0.25, -0.2) is 4.98 Å². The lowest BCUT2D eigenvalue weighted by Crippen LogP contribution is -2.13. The molecule has 8 heteroatoms. The van der Waals surface area contributed by atoms with Crippen molar-refractivity contribution in [3.8, 4) is 27.6 Å². The minimum absolute atomic E-state index is 0.211. The molecule has 0 spiro atoms. The topological polar surface area (TPSA) is 75.4 Å². The van der Waals surface area contributed by atoms with Gasteiger partial charge in [-0.15, -0.1) is 16.5 Å². The first kappa shape index (κ1) is 20.1. The highest BCUT2D eigenvalue weighted by atomic mass is 35.5. The van der Waals surface area contributed by atoms with Gasteiger partial charge in [-0.2, -0.15) is 9.80 Å². The van der Waals surface area contributed by atoms with Crippen LogP contribution in [-0.2, 0) is 0 Å². The third-order valence-corrected chi connectivity index (χ3v) is 5.85. The Kier molecular flexibility index (Phi) is 5.49. The maximum atomic E-state index is 13.3. The first-order chi connectivity index (χ1) is 15.7. The molecule has 0 atom stereocenters. The highest BCUT2D eigenvalue weighted by Gasteiger charge is 2.19. The van der Waals surface area contributed by atoms with Gasteiger partial charge in [0.15, 0.2) is 5.69 Å². The number of aromatic amines is 1. The number of rotatable bonds is 5. The van der Waals surface area contributed by atoms with E-state index < -0.39 is 0 Å². The first-order valence-corrected chi connectivity index (χ1v) is 11.0. The summed E-state index contributed by atoms with van der Waals surface area (Å²) in [6.07, 6.45) is 0. The number of benzene rings is 3. The normalized spacial score (nSPS) is 11.3. The van der Waals surface area contributed by atoms with Crippen LogP contribution in [0, 0.1) is 0 Å². The predicted octanol–water partition coefficient (Wildman–Crippen LogP) is 7.02. The van der Waals surface area contributed by atoms with Crippen LogP contribution in [0.4, 0.5) is 11.4 Å². The van der Waals surface area contributed by atoms with Crippen LogP contribution >= 0.6 is 22.9 Å². The Labute approximate surface area is 192 Å². The third kappa shape index (κ3) is 4.03. The number of hydrogen-bond donors (Lipinski definition) is 1. The van der Waals surface area contributed by atoms with Crippen LogP contribution in [0.25, 0.3) is 27.6 Å². The van der Waals surface area contributed by atoms with Crippen LogP contribution in [0.2, 0.25) is 5.02 Å².